The number of anilines is 3. The van der Waals surface area contributed by atoms with E-state index in [0.717, 1.165) is 28.3 Å². The number of rotatable bonds is 9. The van der Waals surface area contributed by atoms with E-state index >= 15 is 0 Å². The third-order valence-electron chi connectivity index (χ3n) is 6.61. The van der Waals surface area contributed by atoms with Crippen molar-refractivity contribution in [1.82, 2.24) is 9.55 Å². The van der Waals surface area contributed by atoms with Gasteiger partial charge in [-0.3, -0.25) is 10.1 Å². The maximum absolute atomic E-state index is 15.0. The number of aromatic nitrogens is 2. The highest BCUT2D eigenvalue weighted by Crippen LogP contribution is 2.42. The molecule has 3 amide bonds. The number of hydrogen-bond donors (Lipinski definition) is 3. The first kappa shape index (κ1) is 28.2. The number of ether oxygens (including phenoxy) is 2. The van der Waals surface area contributed by atoms with E-state index in [1.165, 1.54) is 37.6 Å². The lowest BCUT2D eigenvalue weighted by Gasteiger charge is -2.37. The van der Waals surface area contributed by atoms with Gasteiger partial charge in [-0.15, -0.1) is 0 Å². The predicted octanol–water partition coefficient (Wildman–Crippen LogP) is 6.35. The number of nitrogens with one attached hydrogen (secondary N) is 3. The van der Waals surface area contributed by atoms with E-state index in [0.29, 0.717) is 11.6 Å². The second-order valence-electron chi connectivity index (χ2n) is 10.1. The number of carbonyl (C=O) groups excluding carboxylic acids is 2. The molecule has 3 heterocycles. The lowest BCUT2D eigenvalue weighted by atomic mass is 9.87. The summed E-state index contributed by atoms with van der Waals surface area (Å²) >= 11 is 1.89. The fourth-order valence-electron chi connectivity index (χ4n) is 4.30. The molecule has 41 heavy (non-hydrogen) atoms. The van der Waals surface area contributed by atoms with Crippen molar-refractivity contribution in [2.24, 2.45) is 0 Å². The zero-order valence-electron chi connectivity index (χ0n) is 22.9. The van der Waals surface area contributed by atoms with Gasteiger partial charge in [0.1, 0.15) is 35.6 Å². The minimum atomic E-state index is -0.672. The van der Waals surface area contributed by atoms with Crippen LogP contribution in [0.25, 0.3) is 5.69 Å². The number of nitrogens with zero attached hydrogens (tertiary/aromatic N) is 2. The van der Waals surface area contributed by atoms with Gasteiger partial charge in [-0.1, -0.05) is 24.6 Å². The van der Waals surface area contributed by atoms with Gasteiger partial charge in [0.25, 0.3) is 5.91 Å². The maximum atomic E-state index is 15.0. The summed E-state index contributed by atoms with van der Waals surface area (Å²) in [6.07, 6.45) is 3.51. The number of amides is 3. The SMILES string of the molecule is COCC(=O)Nc1cc(Oc2ccc(NC(=O)Nc3cc(C4(C)CSC4)cn3-c3ccc(C)cc3)c(F)c2)ccn1. The molecule has 11 heteroatoms. The van der Waals surface area contributed by atoms with Crippen LogP contribution in [0.1, 0.15) is 18.1 Å². The van der Waals surface area contributed by atoms with Gasteiger partial charge in [-0.2, -0.15) is 11.8 Å². The van der Waals surface area contributed by atoms with Gasteiger partial charge in [-0.05, 0) is 48.9 Å². The number of halogens is 1. The first-order chi connectivity index (χ1) is 19.7. The van der Waals surface area contributed by atoms with Crippen molar-refractivity contribution in [1.29, 1.82) is 0 Å². The molecule has 2 aromatic heterocycles. The van der Waals surface area contributed by atoms with Gasteiger partial charge in [0, 0.05) is 54.2 Å². The lowest BCUT2D eigenvalue weighted by Crippen LogP contribution is -2.36. The van der Waals surface area contributed by atoms with E-state index in [2.05, 4.69) is 34.1 Å². The van der Waals surface area contributed by atoms with Crippen molar-refractivity contribution in [2.75, 3.05) is 41.2 Å². The minimum Gasteiger partial charge on any atom is -0.457 e. The third-order valence-corrected chi connectivity index (χ3v) is 8.29. The first-order valence-electron chi connectivity index (χ1n) is 12.9. The number of aryl methyl sites for hydroxylation is 1. The lowest BCUT2D eigenvalue weighted by molar-refractivity contribution is -0.119. The average Bonchev–Trinajstić information content (AvgIpc) is 3.33. The molecule has 9 nitrogen and oxygen atoms in total. The topological polar surface area (TPSA) is 107 Å². The summed E-state index contributed by atoms with van der Waals surface area (Å²) in [5.74, 6) is 2.40. The minimum absolute atomic E-state index is 0.00637. The molecule has 1 aliphatic heterocycles. The summed E-state index contributed by atoms with van der Waals surface area (Å²) in [5, 5.41) is 8.05. The Morgan fingerprint density at radius 3 is 2.46 bits per heavy atom. The summed E-state index contributed by atoms with van der Waals surface area (Å²) < 4.78 is 27.4. The Balaban J connectivity index is 1.28. The Kier molecular flexibility index (Phi) is 8.27. The number of benzene rings is 2. The van der Waals surface area contributed by atoms with Crippen molar-refractivity contribution in [3.05, 3.63) is 90.0 Å². The van der Waals surface area contributed by atoms with Crippen molar-refractivity contribution in [3.63, 3.8) is 0 Å². The normalized spacial score (nSPS) is 13.7. The average molecular weight is 576 g/mol. The number of carbonyl (C=O) groups is 2. The molecule has 212 valence electrons. The van der Waals surface area contributed by atoms with E-state index in [1.807, 2.05) is 53.6 Å². The van der Waals surface area contributed by atoms with Gasteiger partial charge in [0.15, 0.2) is 0 Å². The van der Waals surface area contributed by atoms with Crippen molar-refractivity contribution in [3.8, 4) is 17.2 Å². The Bertz CT molecular complexity index is 1570. The molecule has 0 saturated carbocycles. The van der Waals surface area contributed by atoms with Crippen LogP contribution in [-0.4, -0.2) is 46.7 Å². The Labute approximate surface area is 241 Å². The van der Waals surface area contributed by atoms with Crippen molar-refractivity contribution >= 4 is 41.0 Å². The molecule has 0 atom stereocenters. The van der Waals surface area contributed by atoms with E-state index in [4.69, 9.17) is 9.47 Å². The molecular formula is C30H30FN5O4S. The Hall–Kier alpha value is -4.35. The van der Waals surface area contributed by atoms with Crippen LogP contribution in [0.15, 0.2) is 73.1 Å². The Morgan fingerprint density at radius 2 is 1.78 bits per heavy atom. The van der Waals surface area contributed by atoms with Crippen LogP contribution in [0.5, 0.6) is 11.5 Å². The number of pyridine rings is 1. The molecule has 4 aromatic rings. The molecule has 1 aliphatic rings. The largest absolute Gasteiger partial charge is 0.457 e. The van der Waals surface area contributed by atoms with Crippen LogP contribution in [0.3, 0.4) is 0 Å². The molecule has 0 unspecified atom stereocenters. The molecule has 1 fully saturated rings. The molecule has 0 spiro atoms. The smallest absolute Gasteiger partial charge is 0.324 e. The predicted molar refractivity (Wildman–Crippen MR) is 159 cm³/mol. The quantitative estimate of drug-likeness (QED) is 0.215. The Morgan fingerprint density at radius 1 is 1.02 bits per heavy atom. The monoisotopic (exact) mass is 575 g/mol. The molecule has 3 N–H and O–H groups in total. The van der Waals surface area contributed by atoms with Gasteiger partial charge in [0.2, 0.25) is 0 Å². The summed E-state index contributed by atoms with van der Waals surface area (Å²) in [5.41, 5.74) is 3.22. The number of thioether (sulfide) groups is 1. The molecule has 0 aliphatic carbocycles. The zero-order chi connectivity index (χ0) is 29.0. The second-order valence-corrected chi connectivity index (χ2v) is 11.0. The third kappa shape index (κ3) is 6.69. The fourth-order valence-corrected chi connectivity index (χ4v) is 5.45. The summed E-state index contributed by atoms with van der Waals surface area (Å²) in [6.45, 7) is 4.12. The highest BCUT2D eigenvalue weighted by Gasteiger charge is 2.36. The highest BCUT2D eigenvalue weighted by atomic mass is 32.2. The molecular weight excluding hydrogens is 545 g/mol. The summed E-state index contributed by atoms with van der Waals surface area (Å²) in [7, 11) is 1.41. The molecule has 2 aromatic carbocycles. The number of hydrogen-bond acceptors (Lipinski definition) is 6. The van der Waals surface area contributed by atoms with Crippen LogP contribution in [0.2, 0.25) is 0 Å². The summed E-state index contributed by atoms with van der Waals surface area (Å²) in [4.78, 5) is 28.8. The molecule has 0 bridgehead atoms. The number of methoxy groups -OCH3 is 1. The van der Waals surface area contributed by atoms with Crippen LogP contribution >= 0.6 is 11.8 Å². The molecule has 5 rings (SSSR count). The van der Waals surface area contributed by atoms with Crippen LogP contribution in [-0.2, 0) is 14.9 Å². The van der Waals surface area contributed by atoms with Crippen LogP contribution in [0.4, 0.5) is 26.5 Å². The van der Waals surface area contributed by atoms with Crippen LogP contribution < -0.4 is 20.7 Å². The second kappa shape index (κ2) is 12.0. The maximum Gasteiger partial charge on any atom is 0.324 e. The van der Waals surface area contributed by atoms with Crippen LogP contribution in [0, 0.1) is 12.7 Å². The van der Waals surface area contributed by atoms with E-state index in [-0.39, 0.29) is 35.2 Å². The zero-order valence-corrected chi connectivity index (χ0v) is 23.7. The highest BCUT2D eigenvalue weighted by molar-refractivity contribution is 8.00. The number of urea groups is 1. The van der Waals surface area contributed by atoms with Gasteiger partial charge in [-0.25, -0.2) is 14.2 Å². The van der Waals surface area contributed by atoms with E-state index in [1.54, 1.807) is 6.07 Å². The van der Waals surface area contributed by atoms with Crippen molar-refractivity contribution < 1.29 is 23.5 Å². The van der Waals surface area contributed by atoms with Gasteiger partial charge in [0.05, 0.1) is 5.69 Å². The molecule has 1 saturated heterocycles. The standard InChI is InChI=1S/C30H30FN5O4S/c1-19-4-6-21(7-5-19)36-15-20(30(2)17-41-18-30)12-27(36)35-29(38)33-25-9-8-22(13-24(25)31)40-23-10-11-32-26(14-23)34-28(37)16-39-3/h4-15H,16-18H2,1-3H3,(H,32,34,37)(H2,33,35,38). The molecule has 0 radical (unpaired) electrons. The van der Waals surface area contributed by atoms with E-state index < -0.39 is 11.8 Å². The first-order valence-corrected chi connectivity index (χ1v) is 14.1. The van der Waals surface area contributed by atoms with Gasteiger partial charge < -0.3 is 24.7 Å². The van der Waals surface area contributed by atoms with Crippen molar-refractivity contribution in [2.45, 2.75) is 19.3 Å². The van der Waals surface area contributed by atoms with Gasteiger partial charge >= 0.3 is 6.03 Å². The summed E-state index contributed by atoms with van der Waals surface area (Å²) in [6, 6.07) is 16.6. The van der Waals surface area contributed by atoms with E-state index in [9.17, 15) is 14.0 Å². The fraction of sp³-hybridized carbons (Fsp3) is 0.233.